The molecule has 1 amide bonds. The standard InChI is InChI=1S/C9H14N4OS/c1-13(7-3-2-4-10-5-7)9(14)8-6-15-12-11-8/h6-7,10H,2-5H2,1H3. The normalized spacial score (nSPS) is 21.3. The molecule has 1 fully saturated rings. The fourth-order valence-corrected chi connectivity index (χ4v) is 2.20. The second kappa shape index (κ2) is 4.67. The second-order valence-electron chi connectivity index (χ2n) is 3.71. The van der Waals surface area contributed by atoms with Crippen LogP contribution in [0.2, 0.25) is 0 Å². The molecule has 15 heavy (non-hydrogen) atoms. The van der Waals surface area contributed by atoms with Crippen LogP contribution in [0.25, 0.3) is 0 Å². The number of hydrogen-bond acceptors (Lipinski definition) is 5. The van der Waals surface area contributed by atoms with E-state index in [0.717, 1.165) is 25.9 Å². The third-order valence-corrected chi connectivity index (χ3v) is 3.22. The molecule has 1 aromatic heterocycles. The van der Waals surface area contributed by atoms with Crippen LogP contribution < -0.4 is 5.32 Å². The Labute approximate surface area is 92.6 Å². The second-order valence-corrected chi connectivity index (χ2v) is 4.32. The van der Waals surface area contributed by atoms with Gasteiger partial charge in [0.05, 0.1) is 0 Å². The molecule has 0 bridgehead atoms. The van der Waals surface area contributed by atoms with Crippen molar-refractivity contribution in [1.82, 2.24) is 19.8 Å². The first-order valence-electron chi connectivity index (χ1n) is 5.04. The monoisotopic (exact) mass is 226 g/mol. The Morgan fingerprint density at radius 3 is 3.20 bits per heavy atom. The lowest BCUT2D eigenvalue weighted by Crippen LogP contribution is -2.46. The Balaban J connectivity index is 2.00. The first-order chi connectivity index (χ1) is 7.29. The molecule has 6 heteroatoms. The van der Waals surface area contributed by atoms with Crippen molar-refractivity contribution in [3.8, 4) is 0 Å². The lowest BCUT2D eigenvalue weighted by atomic mass is 10.1. The zero-order valence-corrected chi connectivity index (χ0v) is 9.46. The summed E-state index contributed by atoms with van der Waals surface area (Å²) in [5.74, 6) is -0.0301. The molecule has 1 aliphatic rings. The number of aromatic nitrogens is 2. The van der Waals surface area contributed by atoms with Crippen molar-refractivity contribution in [2.24, 2.45) is 0 Å². The molecule has 0 radical (unpaired) electrons. The average molecular weight is 226 g/mol. The number of likely N-dealkylation sites (N-methyl/N-ethyl adjacent to an activating group) is 1. The number of hydrogen-bond donors (Lipinski definition) is 1. The highest BCUT2D eigenvalue weighted by Gasteiger charge is 2.23. The van der Waals surface area contributed by atoms with Crippen LogP contribution in [0.4, 0.5) is 0 Å². The Bertz CT molecular complexity index is 321. The summed E-state index contributed by atoms with van der Waals surface area (Å²) in [4.78, 5) is 13.7. The van der Waals surface area contributed by atoms with E-state index in [1.165, 1.54) is 11.5 Å². The number of carbonyl (C=O) groups excluding carboxylic acids is 1. The fraction of sp³-hybridized carbons (Fsp3) is 0.667. The third-order valence-electron chi connectivity index (χ3n) is 2.72. The number of amides is 1. The molecular formula is C9H14N4OS. The van der Waals surface area contributed by atoms with Crippen molar-refractivity contribution in [1.29, 1.82) is 0 Å². The Hall–Kier alpha value is -1.01. The van der Waals surface area contributed by atoms with Crippen LogP contribution in [-0.4, -0.2) is 46.6 Å². The van der Waals surface area contributed by atoms with Gasteiger partial charge < -0.3 is 10.2 Å². The van der Waals surface area contributed by atoms with Crippen molar-refractivity contribution in [2.45, 2.75) is 18.9 Å². The van der Waals surface area contributed by atoms with Gasteiger partial charge in [-0.15, -0.1) is 5.10 Å². The fourth-order valence-electron chi connectivity index (χ4n) is 1.77. The van der Waals surface area contributed by atoms with Gasteiger partial charge in [0.15, 0.2) is 5.69 Å². The quantitative estimate of drug-likeness (QED) is 0.791. The van der Waals surface area contributed by atoms with E-state index >= 15 is 0 Å². The van der Waals surface area contributed by atoms with Crippen LogP contribution in [0, 0.1) is 0 Å². The first kappa shape index (κ1) is 10.5. The van der Waals surface area contributed by atoms with Gasteiger partial charge in [0.1, 0.15) is 0 Å². The number of rotatable bonds is 2. The Morgan fingerprint density at radius 2 is 2.60 bits per heavy atom. The molecule has 2 rings (SSSR count). The van der Waals surface area contributed by atoms with Crippen LogP contribution >= 0.6 is 11.5 Å². The number of piperidine rings is 1. The number of carbonyl (C=O) groups is 1. The lowest BCUT2D eigenvalue weighted by molar-refractivity contribution is 0.0702. The van der Waals surface area contributed by atoms with E-state index in [0.29, 0.717) is 5.69 Å². The zero-order chi connectivity index (χ0) is 10.7. The van der Waals surface area contributed by atoms with Crippen LogP contribution in [0.15, 0.2) is 5.38 Å². The van der Waals surface area contributed by atoms with E-state index in [9.17, 15) is 4.79 Å². The van der Waals surface area contributed by atoms with Crippen molar-refractivity contribution >= 4 is 17.4 Å². The van der Waals surface area contributed by atoms with Gasteiger partial charge in [-0.2, -0.15) is 0 Å². The molecule has 1 atom stereocenters. The van der Waals surface area contributed by atoms with E-state index in [2.05, 4.69) is 14.9 Å². The van der Waals surface area contributed by atoms with E-state index < -0.39 is 0 Å². The molecule has 0 saturated carbocycles. The summed E-state index contributed by atoms with van der Waals surface area (Å²) in [6, 6.07) is 0.285. The largest absolute Gasteiger partial charge is 0.336 e. The minimum Gasteiger partial charge on any atom is -0.336 e. The molecule has 1 aromatic rings. The molecule has 82 valence electrons. The van der Waals surface area contributed by atoms with Crippen LogP contribution in [-0.2, 0) is 0 Å². The maximum Gasteiger partial charge on any atom is 0.275 e. The SMILES string of the molecule is CN(C(=O)c1csnn1)C1CCCNC1. The van der Waals surface area contributed by atoms with E-state index in [4.69, 9.17) is 0 Å². The van der Waals surface area contributed by atoms with E-state index in [1.54, 1.807) is 10.3 Å². The molecule has 0 spiro atoms. The van der Waals surface area contributed by atoms with Gasteiger partial charge in [-0.05, 0) is 30.9 Å². The molecule has 0 aromatic carbocycles. The third kappa shape index (κ3) is 2.32. The van der Waals surface area contributed by atoms with Gasteiger partial charge in [-0.1, -0.05) is 4.49 Å². The van der Waals surface area contributed by atoms with Crippen molar-refractivity contribution in [2.75, 3.05) is 20.1 Å². The van der Waals surface area contributed by atoms with Gasteiger partial charge in [0, 0.05) is 25.0 Å². The van der Waals surface area contributed by atoms with Crippen molar-refractivity contribution < 1.29 is 4.79 Å². The minimum atomic E-state index is -0.0301. The molecule has 1 aliphatic heterocycles. The summed E-state index contributed by atoms with van der Waals surface area (Å²) in [7, 11) is 1.83. The predicted molar refractivity (Wildman–Crippen MR) is 57.9 cm³/mol. The van der Waals surface area contributed by atoms with Gasteiger partial charge in [0.25, 0.3) is 5.91 Å². The smallest absolute Gasteiger partial charge is 0.275 e. The minimum absolute atomic E-state index is 0.0301. The number of nitrogens with zero attached hydrogens (tertiary/aromatic N) is 3. The molecular weight excluding hydrogens is 212 g/mol. The van der Waals surface area contributed by atoms with E-state index in [-0.39, 0.29) is 11.9 Å². The molecule has 2 heterocycles. The van der Waals surface area contributed by atoms with Gasteiger partial charge >= 0.3 is 0 Å². The maximum absolute atomic E-state index is 11.9. The van der Waals surface area contributed by atoms with Crippen LogP contribution in [0.1, 0.15) is 23.3 Å². The molecule has 1 unspecified atom stereocenters. The van der Waals surface area contributed by atoms with Crippen LogP contribution in [0.3, 0.4) is 0 Å². The highest BCUT2D eigenvalue weighted by Crippen LogP contribution is 2.11. The maximum atomic E-state index is 11.9. The molecule has 1 saturated heterocycles. The lowest BCUT2D eigenvalue weighted by Gasteiger charge is -2.31. The number of nitrogens with one attached hydrogen (secondary N) is 1. The summed E-state index contributed by atoms with van der Waals surface area (Å²) >= 11 is 1.21. The molecule has 5 nitrogen and oxygen atoms in total. The van der Waals surface area contributed by atoms with Gasteiger partial charge in [0.2, 0.25) is 0 Å². The Kier molecular flexibility index (Phi) is 3.27. The summed E-state index contributed by atoms with van der Waals surface area (Å²) < 4.78 is 3.70. The highest BCUT2D eigenvalue weighted by atomic mass is 32.1. The molecule has 0 aliphatic carbocycles. The average Bonchev–Trinajstić information content (AvgIpc) is 2.82. The van der Waals surface area contributed by atoms with Crippen molar-refractivity contribution in [3.05, 3.63) is 11.1 Å². The summed E-state index contributed by atoms with van der Waals surface area (Å²) in [5, 5.41) is 8.77. The van der Waals surface area contributed by atoms with Gasteiger partial charge in [-0.3, -0.25) is 4.79 Å². The Morgan fingerprint density at radius 1 is 1.73 bits per heavy atom. The summed E-state index contributed by atoms with van der Waals surface area (Å²) in [5.41, 5.74) is 0.452. The predicted octanol–water partition coefficient (Wildman–Crippen LogP) is 0.362. The summed E-state index contributed by atoms with van der Waals surface area (Å²) in [6.45, 7) is 1.93. The van der Waals surface area contributed by atoms with Crippen LogP contribution in [0.5, 0.6) is 0 Å². The first-order valence-corrected chi connectivity index (χ1v) is 5.87. The van der Waals surface area contributed by atoms with Crippen molar-refractivity contribution in [3.63, 3.8) is 0 Å². The van der Waals surface area contributed by atoms with Gasteiger partial charge in [-0.25, -0.2) is 0 Å². The summed E-state index contributed by atoms with van der Waals surface area (Å²) in [6.07, 6.45) is 2.18. The molecule has 1 N–H and O–H groups in total. The zero-order valence-electron chi connectivity index (χ0n) is 8.64. The highest BCUT2D eigenvalue weighted by molar-refractivity contribution is 7.03. The van der Waals surface area contributed by atoms with E-state index in [1.807, 2.05) is 7.05 Å². The topological polar surface area (TPSA) is 58.1 Å².